The highest BCUT2D eigenvalue weighted by Crippen LogP contribution is 2.21. The van der Waals surface area contributed by atoms with E-state index in [0.29, 0.717) is 4.90 Å². The fraction of sp³-hybridized carbons (Fsp3) is 0.800. The van der Waals surface area contributed by atoms with E-state index in [1.54, 1.807) is 0 Å². The lowest BCUT2D eigenvalue weighted by molar-refractivity contribution is -0.142. The summed E-state index contributed by atoms with van der Waals surface area (Å²) >= 11 is 0. The second-order valence-electron chi connectivity index (χ2n) is 4.18. The van der Waals surface area contributed by atoms with Crippen LogP contribution in [-0.2, 0) is 4.79 Å². The molecule has 5 nitrogen and oxygen atoms in total. The number of nitrogens with zero attached hydrogens (tertiary/aromatic N) is 2. The molecule has 1 fully saturated rings. The summed E-state index contributed by atoms with van der Waals surface area (Å²) in [4.78, 5) is 24.3. The lowest BCUT2D eigenvalue weighted by Gasteiger charge is -2.27. The van der Waals surface area contributed by atoms with E-state index in [0.717, 1.165) is 4.90 Å². The summed E-state index contributed by atoms with van der Waals surface area (Å²) in [6.45, 7) is 0.240. The molecular weight excluding hydrogens is 253 g/mol. The first-order valence-electron chi connectivity index (χ1n) is 5.58. The number of carbonyl (C=O) groups excluding carboxylic acids is 1. The number of carbonyl (C=O) groups is 2. The van der Waals surface area contributed by atoms with Crippen LogP contribution < -0.4 is 0 Å². The highest BCUT2D eigenvalue weighted by Gasteiger charge is 2.37. The van der Waals surface area contributed by atoms with E-state index >= 15 is 0 Å². The number of rotatable bonds is 3. The largest absolute Gasteiger partial charge is 0.481 e. The standard InChI is InChI=1S/C10H15F3N2O3/c1-2-14(6-10(11,12)13)9(18)15-4-3-7(5-15)8(16)17/h7H,2-6H2,1H3,(H,16,17). The Labute approximate surface area is 102 Å². The maximum absolute atomic E-state index is 12.2. The van der Waals surface area contributed by atoms with Gasteiger partial charge >= 0.3 is 18.2 Å². The maximum atomic E-state index is 12.2. The Morgan fingerprint density at radius 3 is 2.44 bits per heavy atom. The Morgan fingerprint density at radius 1 is 1.44 bits per heavy atom. The van der Waals surface area contributed by atoms with Gasteiger partial charge < -0.3 is 14.9 Å². The SMILES string of the molecule is CCN(CC(F)(F)F)C(=O)N1CCC(C(=O)O)C1. The van der Waals surface area contributed by atoms with Gasteiger partial charge in [0.2, 0.25) is 0 Å². The van der Waals surface area contributed by atoms with Crippen molar-refractivity contribution in [1.82, 2.24) is 9.80 Å². The van der Waals surface area contributed by atoms with E-state index in [-0.39, 0.29) is 26.1 Å². The predicted octanol–water partition coefficient (Wildman–Crippen LogP) is 1.40. The average molecular weight is 268 g/mol. The van der Waals surface area contributed by atoms with Crippen molar-refractivity contribution >= 4 is 12.0 Å². The van der Waals surface area contributed by atoms with Crippen molar-refractivity contribution < 1.29 is 27.9 Å². The van der Waals surface area contributed by atoms with Crippen molar-refractivity contribution in [1.29, 1.82) is 0 Å². The Kier molecular flexibility index (Phi) is 4.42. The molecule has 1 aliphatic rings. The molecule has 0 aromatic heterocycles. The first kappa shape index (κ1) is 14.6. The summed E-state index contributed by atoms with van der Waals surface area (Å²) in [5.41, 5.74) is 0. The molecule has 1 N–H and O–H groups in total. The Balaban J connectivity index is 2.60. The number of halogens is 3. The van der Waals surface area contributed by atoms with Gasteiger partial charge in [0.05, 0.1) is 5.92 Å². The molecule has 0 bridgehead atoms. The molecule has 8 heteroatoms. The van der Waals surface area contributed by atoms with Gasteiger partial charge in [-0.3, -0.25) is 4.79 Å². The van der Waals surface area contributed by atoms with Crippen LogP contribution in [-0.4, -0.2) is 59.3 Å². The minimum absolute atomic E-state index is 0.0253. The van der Waals surface area contributed by atoms with Gasteiger partial charge in [-0.1, -0.05) is 0 Å². The van der Waals surface area contributed by atoms with Crippen molar-refractivity contribution in [2.45, 2.75) is 19.5 Å². The number of aliphatic carboxylic acids is 1. The summed E-state index contributed by atoms with van der Waals surface area (Å²) in [7, 11) is 0. The molecule has 0 saturated carbocycles. The van der Waals surface area contributed by atoms with E-state index < -0.39 is 30.6 Å². The molecule has 18 heavy (non-hydrogen) atoms. The first-order valence-corrected chi connectivity index (χ1v) is 5.58. The highest BCUT2D eigenvalue weighted by molar-refractivity contribution is 5.77. The molecule has 1 aliphatic heterocycles. The summed E-state index contributed by atoms with van der Waals surface area (Å²) < 4.78 is 36.7. The van der Waals surface area contributed by atoms with Gasteiger partial charge in [0.15, 0.2) is 0 Å². The van der Waals surface area contributed by atoms with Crippen molar-refractivity contribution in [2.75, 3.05) is 26.2 Å². The normalized spacial score (nSPS) is 20.0. The van der Waals surface area contributed by atoms with Gasteiger partial charge in [-0.25, -0.2) is 4.79 Å². The van der Waals surface area contributed by atoms with Crippen molar-refractivity contribution in [2.24, 2.45) is 5.92 Å². The van der Waals surface area contributed by atoms with Crippen LogP contribution in [0.25, 0.3) is 0 Å². The number of carboxylic acid groups (broad SMARTS) is 1. The number of hydrogen-bond acceptors (Lipinski definition) is 2. The van der Waals surface area contributed by atoms with Crippen molar-refractivity contribution in [3.8, 4) is 0 Å². The summed E-state index contributed by atoms with van der Waals surface area (Å²) in [6, 6.07) is -0.751. The highest BCUT2D eigenvalue weighted by atomic mass is 19.4. The predicted molar refractivity (Wildman–Crippen MR) is 56.0 cm³/mol. The van der Waals surface area contributed by atoms with Gasteiger partial charge in [-0.05, 0) is 13.3 Å². The zero-order chi connectivity index (χ0) is 13.9. The molecule has 1 unspecified atom stereocenters. The third-order valence-electron chi connectivity index (χ3n) is 2.83. The fourth-order valence-corrected chi connectivity index (χ4v) is 1.87. The van der Waals surface area contributed by atoms with Gasteiger partial charge in [0.1, 0.15) is 6.54 Å². The lowest BCUT2D eigenvalue weighted by atomic mass is 10.1. The maximum Gasteiger partial charge on any atom is 0.406 e. The monoisotopic (exact) mass is 268 g/mol. The number of alkyl halides is 3. The van der Waals surface area contributed by atoms with E-state index in [2.05, 4.69) is 0 Å². The Hall–Kier alpha value is -1.47. The Morgan fingerprint density at radius 2 is 2.06 bits per heavy atom. The molecule has 2 amide bonds. The second-order valence-corrected chi connectivity index (χ2v) is 4.18. The first-order chi connectivity index (χ1) is 8.24. The van der Waals surface area contributed by atoms with Gasteiger partial charge in [0.25, 0.3) is 0 Å². The molecule has 0 aromatic rings. The fourth-order valence-electron chi connectivity index (χ4n) is 1.87. The second kappa shape index (κ2) is 5.45. The van der Waals surface area contributed by atoms with E-state index in [4.69, 9.17) is 5.11 Å². The quantitative estimate of drug-likeness (QED) is 0.841. The molecule has 0 radical (unpaired) electrons. The number of amides is 2. The van der Waals surface area contributed by atoms with E-state index in [1.165, 1.54) is 6.92 Å². The van der Waals surface area contributed by atoms with Crippen LogP contribution in [0, 0.1) is 5.92 Å². The van der Waals surface area contributed by atoms with E-state index in [9.17, 15) is 22.8 Å². The molecule has 0 aromatic carbocycles. The molecule has 104 valence electrons. The van der Waals surface area contributed by atoms with Crippen molar-refractivity contribution in [3.05, 3.63) is 0 Å². The lowest BCUT2D eigenvalue weighted by Crippen LogP contribution is -2.46. The third kappa shape index (κ3) is 3.78. The van der Waals surface area contributed by atoms with Gasteiger partial charge in [0, 0.05) is 19.6 Å². The number of urea groups is 1. The van der Waals surface area contributed by atoms with E-state index in [1.807, 2.05) is 0 Å². The van der Waals surface area contributed by atoms with Crippen LogP contribution in [0.3, 0.4) is 0 Å². The smallest absolute Gasteiger partial charge is 0.406 e. The number of likely N-dealkylation sites (tertiary alicyclic amines) is 1. The number of carboxylic acids is 1. The van der Waals surface area contributed by atoms with Crippen LogP contribution in [0.5, 0.6) is 0 Å². The Bertz CT molecular complexity index is 333. The zero-order valence-electron chi connectivity index (χ0n) is 9.90. The topological polar surface area (TPSA) is 60.9 Å². The minimum Gasteiger partial charge on any atom is -0.481 e. The molecule has 1 atom stereocenters. The molecule has 1 rings (SSSR count). The number of hydrogen-bond donors (Lipinski definition) is 1. The molecule has 0 aliphatic carbocycles. The van der Waals surface area contributed by atoms with Crippen LogP contribution in [0.15, 0.2) is 0 Å². The third-order valence-corrected chi connectivity index (χ3v) is 2.83. The molecule has 1 heterocycles. The molecular formula is C10H15F3N2O3. The average Bonchev–Trinajstić information content (AvgIpc) is 2.72. The summed E-state index contributed by atoms with van der Waals surface area (Å²) in [5.74, 6) is -1.71. The summed E-state index contributed by atoms with van der Waals surface area (Å²) in [6.07, 6.45) is -4.16. The molecule has 0 spiro atoms. The minimum atomic E-state index is -4.45. The van der Waals surface area contributed by atoms with Gasteiger partial charge in [-0.15, -0.1) is 0 Å². The summed E-state index contributed by atoms with van der Waals surface area (Å²) in [5, 5.41) is 8.76. The van der Waals surface area contributed by atoms with Crippen LogP contribution in [0.1, 0.15) is 13.3 Å². The van der Waals surface area contributed by atoms with Crippen LogP contribution in [0.4, 0.5) is 18.0 Å². The zero-order valence-corrected chi connectivity index (χ0v) is 9.90. The van der Waals surface area contributed by atoms with Gasteiger partial charge in [-0.2, -0.15) is 13.2 Å². The van der Waals surface area contributed by atoms with Crippen molar-refractivity contribution in [3.63, 3.8) is 0 Å². The van der Waals surface area contributed by atoms with Crippen LogP contribution in [0.2, 0.25) is 0 Å². The van der Waals surface area contributed by atoms with Crippen LogP contribution >= 0.6 is 0 Å². The molecule has 1 saturated heterocycles.